The fraction of sp³-hybridized carbons (Fsp3) is 0.462. The molecule has 3 nitrogen and oxygen atoms in total. The highest BCUT2D eigenvalue weighted by atomic mass is 15.2. The maximum Gasteiger partial charge on any atom is 0.0456 e. The molecule has 0 amide bonds. The van der Waals surface area contributed by atoms with Crippen molar-refractivity contribution < 1.29 is 0 Å². The Bertz CT molecular complexity index is 959. The van der Waals surface area contributed by atoms with Crippen LogP contribution >= 0.6 is 0 Å². The van der Waals surface area contributed by atoms with Crippen LogP contribution in [-0.2, 0) is 18.3 Å². The molecule has 0 spiro atoms. The van der Waals surface area contributed by atoms with Crippen LogP contribution in [0.2, 0.25) is 0 Å². The smallest absolute Gasteiger partial charge is 0.0456 e. The highest BCUT2D eigenvalue weighted by Crippen LogP contribution is 2.39. The number of hydrogen-bond donors (Lipinski definition) is 2. The lowest BCUT2D eigenvalue weighted by Gasteiger charge is -2.50. The largest absolute Gasteiger partial charge is 0.361 e. The van der Waals surface area contributed by atoms with Gasteiger partial charge in [-0.15, -0.1) is 0 Å². The predicted molar refractivity (Wildman–Crippen MR) is 124 cm³/mol. The average molecular weight is 390 g/mol. The van der Waals surface area contributed by atoms with Crippen LogP contribution in [0, 0.1) is 0 Å². The van der Waals surface area contributed by atoms with Crippen LogP contribution < -0.4 is 5.32 Å². The molecule has 1 aliphatic heterocycles. The number of benzene rings is 2. The van der Waals surface area contributed by atoms with E-state index in [0.717, 1.165) is 25.9 Å². The first kappa shape index (κ1) is 20.2. The Morgan fingerprint density at radius 2 is 1.86 bits per heavy atom. The zero-order valence-corrected chi connectivity index (χ0v) is 18.3. The highest BCUT2D eigenvalue weighted by Gasteiger charge is 2.44. The summed E-state index contributed by atoms with van der Waals surface area (Å²) in [5, 5.41) is 5.34. The molecule has 1 fully saturated rings. The van der Waals surface area contributed by atoms with Gasteiger partial charge in [0, 0.05) is 34.6 Å². The Morgan fingerprint density at radius 1 is 1.10 bits per heavy atom. The second kappa shape index (κ2) is 8.33. The second-order valence-electron chi connectivity index (χ2n) is 8.94. The summed E-state index contributed by atoms with van der Waals surface area (Å²) >= 11 is 0. The lowest BCUT2D eigenvalue weighted by molar-refractivity contribution is 0.0888. The number of nitrogens with one attached hydrogen (secondary N) is 2. The molecule has 1 saturated heterocycles. The van der Waals surface area contributed by atoms with E-state index in [1.807, 2.05) is 0 Å². The zero-order valence-electron chi connectivity index (χ0n) is 18.3. The summed E-state index contributed by atoms with van der Waals surface area (Å²) in [6.07, 6.45) is 5.50. The van der Waals surface area contributed by atoms with Gasteiger partial charge in [-0.2, -0.15) is 0 Å². The molecule has 3 aromatic rings. The summed E-state index contributed by atoms with van der Waals surface area (Å²) in [4.78, 5) is 5.93. The van der Waals surface area contributed by atoms with Crippen molar-refractivity contribution in [1.29, 1.82) is 0 Å². The molecule has 0 bridgehead atoms. The number of aromatic amines is 1. The van der Waals surface area contributed by atoms with Crippen molar-refractivity contribution in [1.82, 2.24) is 15.2 Å². The van der Waals surface area contributed by atoms with Crippen molar-refractivity contribution >= 4 is 10.9 Å². The topological polar surface area (TPSA) is 31.1 Å². The molecule has 1 aromatic heterocycles. The summed E-state index contributed by atoms with van der Waals surface area (Å²) in [6, 6.07) is 18.6. The Balaban J connectivity index is 1.56. The van der Waals surface area contributed by atoms with Crippen LogP contribution in [-0.4, -0.2) is 42.1 Å². The molecule has 2 heterocycles. The minimum Gasteiger partial charge on any atom is -0.361 e. The van der Waals surface area contributed by atoms with Gasteiger partial charge in [0.05, 0.1) is 0 Å². The maximum atomic E-state index is 3.99. The number of aryl methyl sites for hydroxylation is 1. The number of aromatic nitrogens is 1. The number of fused-ring (bicyclic) bond motifs is 1. The van der Waals surface area contributed by atoms with Gasteiger partial charge in [0.15, 0.2) is 0 Å². The Labute approximate surface area is 175 Å². The molecule has 1 aliphatic rings. The fourth-order valence-corrected chi connectivity index (χ4v) is 5.34. The van der Waals surface area contributed by atoms with E-state index in [9.17, 15) is 0 Å². The van der Waals surface area contributed by atoms with Crippen molar-refractivity contribution in [2.75, 3.05) is 20.1 Å². The van der Waals surface area contributed by atoms with Gasteiger partial charge < -0.3 is 15.2 Å². The monoisotopic (exact) mass is 389 g/mol. The van der Waals surface area contributed by atoms with Crippen LogP contribution in [0.3, 0.4) is 0 Å². The molecular weight excluding hydrogens is 354 g/mol. The Morgan fingerprint density at radius 3 is 2.69 bits per heavy atom. The van der Waals surface area contributed by atoms with Gasteiger partial charge in [-0.25, -0.2) is 0 Å². The number of hydrogen-bond acceptors (Lipinski definition) is 2. The first-order valence-electron chi connectivity index (χ1n) is 11.1. The summed E-state index contributed by atoms with van der Waals surface area (Å²) < 4.78 is 0. The number of piperidine rings is 1. The lowest BCUT2D eigenvalue weighted by atomic mass is 9.67. The molecule has 3 heteroatoms. The van der Waals surface area contributed by atoms with Gasteiger partial charge in [0.25, 0.3) is 0 Å². The summed E-state index contributed by atoms with van der Waals surface area (Å²) in [6.45, 7) is 9.29. The van der Waals surface area contributed by atoms with Crippen molar-refractivity contribution in [3.05, 3.63) is 71.4 Å². The first-order valence-corrected chi connectivity index (χ1v) is 11.1. The van der Waals surface area contributed by atoms with Crippen molar-refractivity contribution in [2.45, 2.75) is 57.5 Å². The van der Waals surface area contributed by atoms with Gasteiger partial charge in [-0.3, -0.25) is 0 Å². The molecule has 2 aromatic carbocycles. The van der Waals surface area contributed by atoms with Gasteiger partial charge in [0.2, 0.25) is 0 Å². The van der Waals surface area contributed by atoms with Gasteiger partial charge in [-0.1, -0.05) is 56.3 Å². The molecule has 4 rings (SSSR count). The number of nitrogens with zero attached hydrogens (tertiary/aromatic N) is 1. The third-order valence-corrected chi connectivity index (χ3v) is 7.29. The number of rotatable bonds is 6. The van der Waals surface area contributed by atoms with Crippen molar-refractivity contribution in [2.24, 2.45) is 0 Å². The summed E-state index contributed by atoms with van der Waals surface area (Å²) in [7, 11) is 2.27. The third-order valence-electron chi connectivity index (χ3n) is 7.29. The number of H-pyrrole nitrogens is 1. The molecule has 0 saturated carbocycles. The molecule has 3 atom stereocenters. The molecule has 2 N–H and O–H groups in total. The standard InChI is InChI=1S/C26H35N3/c1-5-20-10-6-8-12-23(20)26(3)15-17-29(4)19(2)25(26)27-16-14-21-18-28-24-13-9-7-11-22(21)24/h6-13,18-19,25,27-28H,5,14-17H2,1-4H3/t19-,25-,26?/m1/s1. The van der Waals surface area contributed by atoms with Crippen LogP contribution in [0.4, 0.5) is 0 Å². The predicted octanol–water partition coefficient (Wildman–Crippen LogP) is 4.91. The van der Waals surface area contributed by atoms with Crippen molar-refractivity contribution in [3.8, 4) is 0 Å². The van der Waals surface area contributed by atoms with Crippen LogP contribution in [0.5, 0.6) is 0 Å². The summed E-state index contributed by atoms with van der Waals surface area (Å²) in [5.74, 6) is 0. The van der Waals surface area contributed by atoms with Gasteiger partial charge in [-0.05, 0) is 69.1 Å². The fourth-order valence-electron chi connectivity index (χ4n) is 5.34. The minimum absolute atomic E-state index is 0.152. The van der Waals surface area contributed by atoms with Crippen LogP contribution in [0.25, 0.3) is 10.9 Å². The molecule has 0 aliphatic carbocycles. The molecule has 29 heavy (non-hydrogen) atoms. The Hall–Kier alpha value is -2.10. The highest BCUT2D eigenvalue weighted by molar-refractivity contribution is 5.83. The zero-order chi connectivity index (χ0) is 20.4. The maximum absolute atomic E-state index is 3.99. The van der Waals surface area contributed by atoms with Crippen LogP contribution in [0.15, 0.2) is 54.7 Å². The van der Waals surface area contributed by atoms with E-state index in [1.165, 1.54) is 34.0 Å². The minimum atomic E-state index is 0.152. The van der Waals surface area contributed by atoms with E-state index in [4.69, 9.17) is 0 Å². The van der Waals surface area contributed by atoms with Crippen molar-refractivity contribution in [3.63, 3.8) is 0 Å². The second-order valence-corrected chi connectivity index (χ2v) is 8.94. The normalized spacial score (nSPS) is 25.5. The molecule has 154 valence electrons. The average Bonchev–Trinajstić information content (AvgIpc) is 3.16. The molecule has 1 unspecified atom stereocenters. The quantitative estimate of drug-likeness (QED) is 0.627. The van der Waals surface area contributed by atoms with Crippen LogP contribution in [0.1, 0.15) is 43.9 Å². The van der Waals surface area contributed by atoms with Gasteiger partial charge >= 0.3 is 0 Å². The number of likely N-dealkylation sites (N-methyl/N-ethyl adjacent to an activating group) is 1. The first-order chi connectivity index (χ1) is 14.0. The number of para-hydroxylation sites is 1. The van der Waals surface area contributed by atoms with E-state index in [1.54, 1.807) is 0 Å². The van der Waals surface area contributed by atoms with E-state index in [-0.39, 0.29) is 5.41 Å². The van der Waals surface area contributed by atoms with E-state index in [0.29, 0.717) is 12.1 Å². The van der Waals surface area contributed by atoms with Gasteiger partial charge in [0.1, 0.15) is 0 Å². The van der Waals surface area contributed by atoms with E-state index >= 15 is 0 Å². The van der Waals surface area contributed by atoms with E-state index in [2.05, 4.69) is 97.7 Å². The lowest BCUT2D eigenvalue weighted by Crippen LogP contribution is -2.62. The third kappa shape index (κ3) is 3.74. The molecule has 0 radical (unpaired) electrons. The summed E-state index contributed by atoms with van der Waals surface area (Å²) in [5.41, 5.74) is 5.82. The Kier molecular flexibility index (Phi) is 5.80. The van der Waals surface area contributed by atoms with E-state index < -0.39 is 0 Å². The number of likely N-dealkylation sites (tertiary alicyclic amines) is 1. The SMILES string of the molecule is CCc1ccccc1C1(C)CCN(C)[C@H](C)[C@H]1NCCc1c[nH]c2ccccc12. The molecular formula is C26H35N3.